The number of hydrogen-bond acceptors (Lipinski definition) is 4. The fourth-order valence-corrected chi connectivity index (χ4v) is 1.70. The molecule has 84 valence electrons. The molecule has 1 aromatic carbocycles. The molecule has 4 heteroatoms. The van der Waals surface area contributed by atoms with Crippen LogP contribution in [0.2, 0.25) is 0 Å². The number of fused-ring (bicyclic) bond motifs is 1. The quantitative estimate of drug-likeness (QED) is 0.674. The molecule has 0 saturated heterocycles. The number of aromatic nitrogens is 2. The molecule has 0 aliphatic heterocycles. The first-order chi connectivity index (χ1) is 8.36. The molecular formula is C13H10N2O2. The molecule has 3 aromatic rings. The van der Waals surface area contributed by atoms with Crippen LogP contribution in [0.3, 0.4) is 0 Å². The molecule has 0 atom stereocenters. The van der Waals surface area contributed by atoms with Gasteiger partial charge in [0.25, 0.3) is 0 Å². The highest BCUT2D eigenvalue weighted by atomic mass is 16.5. The summed E-state index contributed by atoms with van der Waals surface area (Å²) in [6.07, 6.45) is 1.40. The van der Waals surface area contributed by atoms with Gasteiger partial charge in [-0.05, 0) is 24.3 Å². The highest BCUT2D eigenvalue weighted by Gasteiger charge is 2.04. The topological polar surface area (TPSA) is 48.2 Å². The average Bonchev–Trinajstić information content (AvgIpc) is 2.86. The van der Waals surface area contributed by atoms with Gasteiger partial charge in [-0.1, -0.05) is 12.1 Å². The summed E-state index contributed by atoms with van der Waals surface area (Å²) < 4.78 is 10.3. The van der Waals surface area contributed by atoms with Gasteiger partial charge in [-0.25, -0.2) is 4.98 Å². The molecule has 3 rings (SSSR count). The molecule has 0 fully saturated rings. The van der Waals surface area contributed by atoms with Crippen LogP contribution < -0.4 is 4.74 Å². The maximum Gasteiger partial charge on any atom is 0.199 e. The Balaban J connectivity index is 2.12. The Bertz CT molecular complexity index is 661. The van der Waals surface area contributed by atoms with Crippen molar-refractivity contribution in [2.24, 2.45) is 0 Å². The fraction of sp³-hybridized carbons (Fsp3) is 0.0769. The van der Waals surface area contributed by atoms with Crippen molar-refractivity contribution in [1.29, 1.82) is 0 Å². The summed E-state index contributed by atoms with van der Waals surface area (Å²) in [7, 11) is 1.65. The number of pyridine rings is 1. The van der Waals surface area contributed by atoms with Crippen LogP contribution in [-0.2, 0) is 0 Å². The second-order valence-electron chi connectivity index (χ2n) is 3.60. The molecule has 2 aromatic heterocycles. The molecule has 0 N–H and O–H groups in total. The number of oxazole rings is 1. The molecule has 2 heterocycles. The Labute approximate surface area is 97.9 Å². The maximum absolute atomic E-state index is 5.19. The van der Waals surface area contributed by atoms with E-state index in [0.29, 0.717) is 11.2 Å². The van der Waals surface area contributed by atoms with Crippen LogP contribution in [0.25, 0.3) is 22.5 Å². The Morgan fingerprint density at radius 3 is 3.00 bits per heavy atom. The summed E-state index contributed by atoms with van der Waals surface area (Å²) in [5.74, 6) is 0.810. The lowest BCUT2D eigenvalue weighted by atomic mass is 10.1. The molecule has 0 saturated carbocycles. The van der Waals surface area contributed by atoms with E-state index in [1.165, 1.54) is 6.39 Å². The highest BCUT2D eigenvalue weighted by Crippen LogP contribution is 2.23. The van der Waals surface area contributed by atoms with Crippen molar-refractivity contribution in [2.75, 3.05) is 7.11 Å². The Kier molecular flexibility index (Phi) is 2.26. The smallest absolute Gasteiger partial charge is 0.199 e. The van der Waals surface area contributed by atoms with Gasteiger partial charge >= 0.3 is 0 Å². The van der Waals surface area contributed by atoms with E-state index in [-0.39, 0.29) is 0 Å². The fourth-order valence-electron chi connectivity index (χ4n) is 1.70. The summed E-state index contributed by atoms with van der Waals surface area (Å²) in [6.45, 7) is 0. The molecule has 0 aliphatic carbocycles. The number of hydrogen-bond donors (Lipinski definition) is 0. The molecule has 0 unspecified atom stereocenters. The minimum atomic E-state index is 0.616. The second kappa shape index (κ2) is 3.90. The zero-order chi connectivity index (χ0) is 11.7. The lowest BCUT2D eigenvalue weighted by molar-refractivity contribution is 0.415. The van der Waals surface area contributed by atoms with E-state index in [9.17, 15) is 0 Å². The van der Waals surface area contributed by atoms with Gasteiger partial charge in [0.2, 0.25) is 0 Å². The van der Waals surface area contributed by atoms with Crippen molar-refractivity contribution in [2.45, 2.75) is 0 Å². The van der Waals surface area contributed by atoms with E-state index in [1.807, 2.05) is 36.4 Å². The van der Waals surface area contributed by atoms with E-state index in [1.54, 1.807) is 7.11 Å². The van der Waals surface area contributed by atoms with Crippen molar-refractivity contribution in [3.63, 3.8) is 0 Å². The largest absolute Gasteiger partial charge is 0.497 e. The van der Waals surface area contributed by atoms with E-state index in [2.05, 4.69) is 9.97 Å². The van der Waals surface area contributed by atoms with E-state index in [4.69, 9.17) is 9.15 Å². The van der Waals surface area contributed by atoms with Crippen LogP contribution in [0.1, 0.15) is 0 Å². The summed E-state index contributed by atoms with van der Waals surface area (Å²) in [4.78, 5) is 8.46. The van der Waals surface area contributed by atoms with Crippen LogP contribution in [0.5, 0.6) is 5.75 Å². The molecule has 0 spiro atoms. The first-order valence-corrected chi connectivity index (χ1v) is 5.21. The van der Waals surface area contributed by atoms with Crippen molar-refractivity contribution in [3.05, 3.63) is 42.8 Å². The molecule has 0 radical (unpaired) electrons. The maximum atomic E-state index is 5.19. The van der Waals surface area contributed by atoms with Crippen molar-refractivity contribution < 1.29 is 9.15 Å². The number of methoxy groups -OCH3 is 1. The third-order valence-corrected chi connectivity index (χ3v) is 2.56. The van der Waals surface area contributed by atoms with Gasteiger partial charge in [0, 0.05) is 5.56 Å². The summed E-state index contributed by atoms with van der Waals surface area (Å²) in [6, 6.07) is 11.5. The van der Waals surface area contributed by atoms with Gasteiger partial charge < -0.3 is 9.15 Å². The summed E-state index contributed by atoms with van der Waals surface area (Å²) >= 11 is 0. The predicted molar refractivity (Wildman–Crippen MR) is 63.8 cm³/mol. The third kappa shape index (κ3) is 1.73. The summed E-state index contributed by atoms with van der Waals surface area (Å²) in [5, 5.41) is 0. The van der Waals surface area contributed by atoms with Gasteiger partial charge in [0.15, 0.2) is 17.6 Å². The average molecular weight is 226 g/mol. The Morgan fingerprint density at radius 2 is 2.12 bits per heavy atom. The normalized spacial score (nSPS) is 10.6. The molecule has 0 bridgehead atoms. The SMILES string of the molecule is COc1cccc(-c2ccc3ocnc3n2)c1. The first kappa shape index (κ1) is 9.84. The van der Waals surface area contributed by atoms with E-state index >= 15 is 0 Å². The zero-order valence-corrected chi connectivity index (χ0v) is 9.25. The van der Waals surface area contributed by atoms with E-state index < -0.39 is 0 Å². The number of nitrogens with zero attached hydrogens (tertiary/aromatic N) is 2. The molecule has 17 heavy (non-hydrogen) atoms. The molecule has 4 nitrogen and oxygen atoms in total. The van der Waals surface area contributed by atoms with Gasteiger partial charge in [0.05, 0.1) is 12.8 Å². The van der Waals surface area contributed by atoms with Crippen LogP contribution in [0, 0.1) is 0 Å². The molecular weight excluding hydrogens is 216 g/mol. The zero-order valence-electron chi connectivity index (χ0n) is 9.25. The predicted octanol–water partition coefficient (Wildman–Crippen LogP) is 2.90. The second-order valence-corrected chi connectivity index (χ2v) is 3.60. The number of benzene rings is 1. The van der Waals surface area contributed by atoms with Gasteiger partial charge in [-0.2, -0.15) is 4.98 Å². The van der Waals surface area contributed by atoms with Gasteiger partial charge in [-0.15, -0.1) is 0 Å². The Morgan fingerprint density at radius 1 is 1.18 bits per heavy atom. The number of rotatable bonds is 2. The van der Waals surface area contributed by atoms with Gasteiger partial charge in [0.1, 0.15) is 5.75 Å². The third-order valence-electron chi connectivity index (χ3n) is 2.56. The molecule has 0 aliphatic rings. The van der Waals surface area contributed by atoms with Crippen LogP contribution in [0.4, 0.5) is 0 Å². The van der Waals surface area contributed by atoms with Crippen molar-refractivity contribution in [1.82, 2.24) is 9.97 Å². The first-order valence-electron chi connectivity index (χ1n) is 5.21. The lowest BCUT2D eigenvalue weighted by Crippen LogP contribution is -1.86. The minimum absolute atomic E-state index is 0.616. The van der Waals surface area contributed by atoms with Crippen molar-refractivity contribution in [3.8, 4) is 17.0 Å². The lowest BCUT2D eigenvalue weighted by Gasteiger charge is -2.03. The Hall–Kier alpha value is -2.36. The van der Waals surface area contributed by atoms with E-state index in [0.717, 1.165) is 17.0 Å². The monoisotopic (exact) mass is 226 g/mol. The number of ether oxygens (including phenoxy) is 1. The standard InChI is InChI=1S/C13H10N2O2/c1-16-10-4-2-3-9(7-10)11-5-6-12-13(15-11)14-8-17-12/h2-8H,1H3. The van der Waals surface area contributed by atoms with Crippen molar-refractivity contribution >= 4 is 11.2 Å². The van der Waals surface area contributed by atoms with Crippen LogP contribution in [0.15, 0.2) is 47.2 Å². The van der Waals surface area contributed by atoms with Crippen LogP contribution >= 0.6 is 0 Å². The minimum Gasteiger partial charge on any atom is -0.497 e. The highest BCUT2D eigenvalue weighted by molar-refractivity contribution is 5.73. The summed E-state index contributed by atoms with van der Waals surface area (Å²) in [5.41, 5.74) is 3.15. The molecule has 0 amide bonds. The van der Waals surface area contributed by atoms with Gasteiger partial charge in [-0.3, -0.25) is 0 Å². The van der Waals surface area contributed by atoms with Crippen LogP contribution in [-0.4, -0.2) is 17.1 Å².